The molecule has 0 N–H and O–H groups in total. The average Bonchev–Trinajstić information content (AvgIpc) is 2.71. The van der Waals surface area contributed by atoms with Crippen molar-refractivity contribution in [2.45, 2.75) is 9.79 Å². The third-order valence-electron chi connectivity index (χ3n) is 3.95. The summed E-state index contributed by atoms with van der Waals surface area (Å²) in [7, 11) is 0. The molecular formula is C21H11Cl2NO2S2. The van der Waals surface area contributed by atoms with Crippen molar-refractivity contribution in [3.63, 3.8) is 0 Å². The summed E-state index contributed by atoms with van der Waals surface area (Å²) in [5.74, 6) is -0.467. The van der Waals surface area contributed by atoms with Crippen LogP contribution in [0.15, 0.2) is 86.5 Å². The minimum Gasteiger partial charge on any atom is -0.288 e. The van der Waals surface area contributed by atoms with E-state index in [0.717, 1.165) is 9.79 Å². The highest BCUT2D eigenvalue weighted by molar-refractivity contribution is 8.08. The number of ketones is 2. The summed E-state index contributed by atoms with van der Waals surface area (Å²) in [6.45, 7) is 0. The number of carbonyl (C=O) groups is 2. The van der Waals surface area contributed by atoms with Gasteiger partial charge in [0.05, 0.1) is 15.4 Å². The Bertz CT molecular complexity index is 1020. The molecule has 3 nitrogen and oxygen atoms in total. The van der Waals surface area contributed by atoms with Gasteiger partial charge in [-0.05, 0) is 60.7 Å². The van der Waals surface area contributed by atoms with Crippen LogP contribution in [-0.2, 0) is 0 Å². The lowest BCUT2D eigenvalue weighted by molar-refractivity contribution is 0.0984. The summed E-state index contributed by atoms with van der Waals surface area (Å²) in [5, 5.41) is 1.21. The van der Waals surface area contributed by atoms with Gasteiger partial charge in [0.1, 0.15) is 5.69 Å². The Labute approximate surface area is 180 Å². The van der Waals surface area contributed by atoms with E-state index in [2.05, 4.69) is 4.98 Å². The van der Waals surface area contributed by atoms with Gasteiger partial charge in [-0.15, -0.1) is 0 Å². The summed E-state index contributed by atoms with van der Waals surface area (Å²) in [6.07, 6.45) is 1.52. The highest BCUT2D eigenvalue weighted by atomic mass is 35.5. The van der Waals surface area contributed by atoms with Crippen LogP contribution in [0.25, 0.3) is 0 Å². The average molecular weight is 444 g/mol. The number of thioether (sulfide) groups is 2. The third kappa shape index (κ3) is 3.89. The topological polar surface area (TPSA) is 47.0 Å². The number of carbonyl (C=O) groups excluding carboxylic acids is 2. The van der Waals surface area contributed by atoms with Crippen LogP contribution in [0.1, 0.15) is 20.8 Å². The van der Waals surface area contributed by atoms with Crippen molar-refractivity contribution in [2.24, 2.45) is 0 Å². The van der Waals surface area contributed by atoms with Crippen LogP contribution in [0.3, 0.4) is 0 Å². The zero-order valence-electron chi connectivity index (χ0n) is 14.2. The van der Waals surface area contributed by atoms with Crippen molar-refractivity contribution in [1.29, 1.82) is 0 Å². The SMILES string of the molecule is O=C1C(Sc2ccc(Cl)cc2)=C(Sc2ccc(Cl)cc2)C(=O)c2ncccc21. The van der Waals surface area contributed by atoms with E-state index in [1.165, 1.54) is 29.7 Å². The van der Waals surface area contributed by atoms with Crippen molar-refractivity contribution in [2.75, 3.05) is 0 Å². The van der Waals surface area contributed by atoms with Gasteiger partial charge in [-0.25, -0.2) is 0 Å². The molecule has 138 valence electrons. The Kier molecular flexibility index (Phi) is 5.60. The Morgan fingerprint density at radius 1 is 0.679 bits per heavy atom. The number of allylic oxidation sites excluding steroid dienone is 2. The predicted octanol–water partition coefficient (Wildman–Crippen LogP) is 6.56. The van der Waals surface area contributed by atoms with Gasteiger partial charge in [0, 0.05) is 26.0 Å². The van der Waals surface area contributed by atoms with Crippen LogP contribution in [0, 0.1) is 0 Å². The van der Waals surface area contributed by atoms with Crippen molar-refractivity contribution < 1.29 is 9.59 Å². The summed E-state index contributed by atoms with van der Waals surface area (Å²) in [4.78, 5) is 32.8. The maximum absolute atomic E-state index is 13.2. The second-order valence-corrected chi connectivity index (χ2v) is 8.87. The fourth-order valence-corrected chi connectivity index (χ4v) is 4.91. The molecule has 0 saturated carbocycles. The van der Waals surface area contributed by atoms with Crippen LogP contribution in [0.5, 0.6) is 0 Å². The van der Waals surface area contributed by atoms with Gasteiger partial charge in [0.2, 0.25) is 11.6 Å². The highest BCUT2D eigenvalue weighted by Crippen LogP contribution is 2.43. The molecule has 0 atom stereocenters. The third-order valence-corrected chi connectivity index (χ3v) is 6.79. The number of benzene rings is 2. The molecule has 0 fully saturated rings. The van der Waals surface area contributed by atoms with Gasteiger partial charge < -0.3 is 0 Å². The minimum atomic E-state index is -0.258. The van der Waals surface area contributed by atoms with E-state index in [0.29, 0.717) is 25.4 Å². The first kappa shape index (κ1) is 19.3. The maximum Gasteiger partial charge on any atom is 0.220 e. The van der Waals surface area contributed by atoms with E-state index in [4.69, 9.17) is 23.2 Å². The van der Waals surface area contributed by atoms with Gasteiger partial charge in [-0.3, -0.25) is 14.6 Å². The molecule has 0 unspecified atom stereocenters. The molecule has 0 amide bonds. The minimum absolute atomic E-state index is 0.185. The smallest absolute Gasteiger partial charge is 0.220 e. The summed E-state index contributed by atoms with van der Waals surface area (Å²) >= 11 is 14.4. The van der Waals surface area contributed by atoms with Gasteiger partial charge in [-0.2, -0.15) is 0 Å². The van der Waals surface area contributed by atoms with Crippen LogP contribution >= 0.6 is 46.7 Å². The molecule has 2 aromatic carbocycles. The van der Waals surface area contributed by atoms with Crippen LogP contribution < -0.4 is 0 Å². The van der Waals surface area contributed by atoms with E-state index < -0.39 is 0 Å². The van der Waals surface area contributed by atoms with Crippen LogP contribution in [0.4, 0.5) is 0 Å². The Morgan fingerprint density at radius 2 is 1.18 bits per heavy atom. The van der Waals surface area contributed by atoms with Crippen LogP contribution in [0.2, 0.25) is 10.0 Å². The number of fused-ring (bicyclic) bond motifs is 1. The fourth-order valence-electron chi connectivity index (χ4n) is 2.63. The normalized spacial score (nSPS) is 13.6. The summed E-state index contributed by atoms with van der Waals surface area (Å²) < 4.78 is 0. The van der Waals surface area contributed by atoms with Crippen molar-refractivity contribution in [3.8, 4) is 0 Å². The Balaban J connectivity index is 1.80. The first-order valence-corrected chi connectivity index (χ1v) is 10.6. The van der Waals surface area contributed by atoms with Crippen molar-refractivity contribution in [1.82, 2.24) is 4.98 Å². The number of hydrogen-bond donors (Lipinski definition) is 0. The molecule has 1 aliphatic carbocycles. The molecule has 0 saturated heterocycles. The van der Waals surface area contributed by atoms with E-state index in [1.807, 2.05) is 24.3 Å². The number of halogens is 2. The molecule has 0 aliphatic heterocycles. The Hall–Kier alpha value is -2.05. The molecule has 3 aromatic rings. The molecule has 1 aromatic heterocycles. The number of nitrogens with zero attached hydrogens (tertiary/aromatic N) is 1. The van der Waals surface area contributed by atoms with Gasteiger partial charge >= 0.3 is 0 Å². The highest BCUT2D eigenvalue weighted by Gasteiger charge is 2.34. The monoisotopic (exact) mass is 443 g/mol. The molecule has 28 heavy (non-hydrogen) atoms. The van der Waals surface area contributed by atoms with E-state index >= 15 is 0 Å². The number of aromatic nitrogens is 1. The summed E-state index contributed by atoms with van der Waals surface area (Å²) in [6, 6.07) is 17.6. The molecule has 4 rings (SSSR count). The van der Waals surface area contributed by atoms with Crippen molar-refractivity contribution >= 4 is 58.3 Å². The molecule has 1 aliphatic rings. The molecule has 0 radical (unpaired) electrons. The lowest BCUT2D eigenvalue weighted by atomic mass is 10.00. The van der Waals surface area contributed by atoms with Gasteiger partial charge in [0.25, 0.3) is 0 Å². The molecule has 0 spiro atoms. The van der Waals surface area contributed by atoms with Crippen LogP contribution in [-0.4, -0.2) is 16.6 Å². The number of rotatable bonds is 4. The first-order valence-electron chi connectivity index (χ1n) is 8.18. The fraction of sp³-hybridized carbons (Fsp3) is 0. The number of hydrogen-bond acceptors (Lipinski definition) is 5. The standard InChI is InChI=1S/C21H11Cl2NO2S2/c22-12-3-7-14(8-4-12)27-20-18(25)16-2-1-11-24-17(16)19(26)21(20)28-15-9-5-13(23)6-10-15/h1-11H. The largest absolute Gasteiger partial charge is 0.288 e. The Morgan fingerprint density at radius 3 is 1.71 bits per heavy atom. The zero-order valence-corrected chi connectivity index (χ0v) is 17.3. The zero-order chi connectivity index (χ0) is 19.7. The molecule has 1 heterocycles. The van der Waals surface area contributed by atoms with E-state index in [9.17, 15) is 9.59 Å². The lowest BCUT2D eigenvalue weighted by Gasteiger charge is -2.19. The summed E-state index contributed by atoms with van der Waals surface area (Å²) in [5.41, 5.74) is 0.508. The second kappa shape index (κ2) is 8.13. The second-order valence-electron chi connectivity index (χ2n) is 5.83. The number of pyridine rings is 1. The van der Waals surface area contributed by atoms with Crippen molar-refractivity contribution in [3.05, 3.63) is 98.0 Å². The molecule has 7 heteroatoms. The number of Topliss-reactive ketones (excluding diaryl/α,β-unsaturated/α-hetero) is 2. The lowest BCUT2D eigenvalue weighted by Crippen LogP contribution is -2.21. The maximum atomic E-state index is 13.2. The molecular weight excluding hydrogens is 433 g/mol. The van der Waals surface area contributed by atoms with Gasteiger partial charge in [-0.1, -0.05) is 46.7 Å². The van der Waals surface area contributed by atoms with E-state index in [1.54, 1.807) is 36.4 Å². The predicted molar refractivity (Wildman–Crippen MR) is 115 cm³/mol. The quantitative estimate of drug-likeness (QED) is 0.456. The van der Waals surface area contributed by atoms with E-state index in [-0.39, 0.29) is 17.3 Å². The first-order chi connectivity index (χ1) is 13.5. The molecule has 0 bridgehead atoms. The van der Waals surface area contributed by atoms with Gasteiger partial charge in [0.15, 0.2) is 0 Å².